The Morgan fingerprint density at radius 1 is 1.19 bits per heavy atom. The number of carbonyl (C=O) groups excluding carboxylic acids is 1. The smallest absolute Gasteiger partial charge is 0.323 e. The standard InChI is InChI=1S/C19H27NO6/c1-24-16-9-14(10-17(11-16)25-2)12-20(13-19(22)23)18(21)7-6-15-5-3-4-8-26-15/h9-11,15H,3-8,12-13H2,1-2H3,(H,22,23). The summed E-state index contributed by atoms with van der Waals surface area (Å²) >= 11 is 0. The highest BCUT2D eigenvalue weighted by Gasteiger charge is 2.21. The second-order valence-electron chi connectivity index (χ2n) is 6.39. The topological polar surface area (TPSA) is 85.3 Å². The molecule has 1 atom stereocenters. The summed E-state index contributed by atoms with van der Waals surface area (Å²) in [5.41, 5.74) is 0.754. The van der Waals surface area contributed by atoms with Crippen LogP contribution in [0.1, 0.15) is 37.7 Å². The average molecular weight is 365 g/mol. The van der Waals surface area contributed by atoms with Crippen LogP contribution < -0.4 is 9.47 Å². The first-order valence-corrected chi connectivity index (χ1v) is 8.85. The van der Waals surface area contributed by atoms with E-state index in [-0.39, 0.29) is 31.5 Å². The van der Waals surface area contributed by atoms with Gasteiger partial charge in [-0.05, 0) is 43.4 Å². The summed E-state index contributed by atoms with van der Waals surface area (Å²) in [6.45, 7) is 0.579. The lowest BCUT2D eigenvalue weighted by molar-refractivity contribution is -0.145. The van der Waals surface area contributed by atoms with Crippen molar-refractivity contribution in [1.29, 1.82) is 0 Å². The summed E-state index contributed by atoms with van der Waals surface area (Å²) in [4.78, 5) is 25.1. The largest absolute Gasteiger partial charge is 0.497 e. The second-order valence-corrected chi connectivity index (χ2v) is 6.39. The fraction of sp³-hybridized carbons (Fsp3) is 0.579. The van der Waals surface area contributed by atoms with Crippen LogP contribution in [0.15, 0.2) is 18.2 Å². The van der Waals surface area contributed by atoms with Crippen molar-refractivity contribution in [2.75, 3.05) is 27.4 Å². The summed E-state index contributed by atoms with van der Waals surface area (Å²) in [5, 5.41) is 9.16. The molecule has 144 valence electrons. The first-order chi connectivity index (χ1) is 12.5. The van der Waals surface area contributed by atoms with E-state index in [2.05, 4.69) is 0 Å². The van der Waals surface area contributed by atoms with Crippen LogP contribution in [0.3, 0.4) is 0 Å². The fourth-order valence-corrected chi connectivity index (χ4v) is 3.05. The molecule has 0 bridgehead atoms. The molecule has 1 aromatic carbocycles. The Morgan fingerprint density at radius 3 is 2.42 bits per heavy atom. The van der Waals surface area contributed by atoms with Gasteiger partial charge in [-0.25, -0.2) is 0 Å². The Hall–Kier alpha value is -2.28. The number of benzene rings is 1. The van der Waals surface area contributed by atoms with Crippen LogP contribution in [0.4, 0.5) is 0 Å². The van der Waals surface area contributed by atoms with Crippen LogP contribution >= 0.6 is 0 Å². The number of carbonyl (C=O) groups is 2. The van der Waals surface area contributed by atoms with Crippen molar-refractivity contribution in [1.82, 2.24) is 4.90 Å². The minimum Gasteiger partial charge on any atom is -0.497 e. The lowest BCUT2D eigenvalue weighted by atomic mass is 10.0. The molecule has 2 rings (SSSR count). The normalized spacial score (nSPS) is 16.8. The van der Waals surface area contributed by atoms with Crippen molar-refractivity contribution < 1.29 is 28.9 Å². The van der Waals surface area contributed by atoms with Gasteiger partial charge < -0.3 is 24.2 Å². The maximum absolute atomic E-state index is 12.6. The third-order valence-corrected chi connectivity index (χ3v) is 4.42. The first-order valence-electron chi connectivity index (χ1n) is 8.85. The summed E-state index contributed by atoms with van der Waals surface area (Å²) in [6.07, 6.45) is 4.12. The molecule has 1 saturated heterocycles. The maximum atomic E-state index is 12.6. The number of hydrogen-bond donors (Lipinski definition) is 1. The van der Waals surface area contributed by atoms with Crippen LogP contribution in [0, 0.1) is 0 Å². The minimum absolute atomic E-state index is 0.0938. The van der Waals surface area contributed by atoms with Gasteiger partial charge in [-0.2, -0.15) is 0 Å². The van der Waals surface area contributed by atoms with Gasteiger partial charge in [0.1, 0.15) is 18.0 Å². The van der Waals surface area contributed by atoms with E-state index >= 15 is 0 Å². The summed E-state index contributed by atoms with van der Waals surface area (Å²) in [7, 11) is 3.09. The van der Waals surface area contributed by atoms with Gasteiger partial charge in [0.25, 0.3) is 0 Å². The van der Waals surface area contributed by atoms with E-state index in [4.69, 9.17) is 19.3 Å². The highest BCUT2D eigenvalue weighted by Crippen LogP contribution is 2.24. The van der Waals surface area contributed by atoms with Gasteiger partial charge in [-0.15, -0.1) is 0 Å². The van der Waals surface area contributed by atoms with Crippen LogP contribution in [-0.2, 0) is 20.9 Å². The number of nitrogens with zero attached hydrogens (tertiary/aromatic N) is 1. The molecule has 1 heterocycles. The SMILES string of the molecule is COc1cc(CN(CC(=O)O)C(=O)CCC2CCCCO2)cc(OC)c1. The molecule has 1 aromatic rings. The Balaban J connectivity index is 2.03. The van der Waals surface area contributed by atoms with Gasteiger partial charge in [0.2, 0.25) is 5.91 Å². The molecule has 0 spiro atoms. The molecule has 7 heteroatoms. The van der Waals surface area contributed by atoms with E-state index in [1.807, 2.05) is 0 Å². The predicted octanol–water partition coefficient (Wildman–Crippen LogP) is 2.47. The zero-order valence-electron chi connectivity index (χ0n) is 15.4. The van der Waals surface area contributed by atoms with Gasteiger partial charge in [0.15, 0.2) is 0 Å². The van der Waals surface area contributed by atoms with Crippen molar-refractivity contribution in [2.45, 2.75) is 44.8 Å². The molecule has 1 amide bonds. The summed E-state index contributed by atoms with van der Waals surface area (Å²) in [5.74, 6) is -0.0409. The lowest BCUT2D eigenvalue weighted by Crippen LogP contribution is -2.35. The number of carboxylic acids is 1. The van der Waals surface area contributed by atoms with Crippen molar-refractivity contribution in [3.63, 3.8) is 0 Å². The molecule has 0 aliphatic carbocycles. The number of amides is 1. The van der Waals surface area contributed by atoms with Gasteiger partial charge in [-0.3, -0.25) is 9.59 Å². The third-order valence-electron chi connectivity index (χ3n) is 4.42. The van der Waals surface area contributed by atoms with Crippen molar-refractivity contribution in [3.8, 4) is 11.5 Å². The monoisotopic (exact) mass is 365 g/mol. The zero-order chi connectivity index (χ0) is 18.9. The van der Waals surface area contributed by atoms with Crippen LogP contribution in [0.2, 0.25) is 0 Å². The van der Waals surface area contributed by atoms with E-state index in [0.29, 0.717) is 17.9 Å². The molecule has 0 aromatic heterocycles. The van der Waals surface area contributed by atoms with Crippen LogP contribution in [0.5, 0.6) is 11.5 Å². The quantitative estimate of drug-likeness (QED) is 0.724. The molecule has 1 N–H and O–H groups in total. The van der Waals surface area contributed by atoms with Crippen LogP contribution in [0.25, 0.3) is 0 Å². The second kappa shape index (κ2) is 10.0. The number of carboxylic acid groups (broad SMARTS) is 1. The van der Waals surface area contributed by atoms with E-state index in [9.17, 15) is 9.59 Å². The van der Waals surface area contributed by atoms with Gasteiger partial charge >= 0.3 is 5.97 Å². The van der Waals surface area contributed by atoms with E-state index in [1.54, 1.807) is 32.4 Å². The highest BCUT2D eigenvalue weighted by molar-refractivity contribution is 5.81. The average Bonchev–Trinajstić information content (AvgIpc) is 2.65. The van der Waals surface area contributed by atoms with E-state index in [0.717, 1.165) is 31.4 Å². The molecule has 1 fully saturated rings. The Kier molecular flexibility index (Phi) is 7.72. The Morgan fingerprint density at radius 2 is 1.88 bits per heavy atom. The number of rotatable bonds is 9. The van der Waals surface area contributed by atoms with Gasteiger partial charge in [-0.1, -0.05) is 0 Å². The summed E-state index contributed by atoms with van der Waals surface area (Å²) < 4.78 is 16.1. The highest BCUT2D eigenvalue weighted by atomic mass is 16.5. The third kappa shape index (κ3) is 6.22. The molecule has 0 saturated carbocycles. The van der Waals surface area contributed by atoms with Crippen molar-refractivity contribution in [3.05, 3.63) is 23.8 Å². The van der Waals surface area contributed by atoms with E-state index < -0.39 is 5.97 Å². The van der Waals surface area contributed by atoms with Gasteiger partial charge in [0.05, 0.1) is 20.3 Å². The maximum Gasteiger partial charge on any atom is 0.323 e. The number of aliphatic carboxylic acids is 1. The number of methoxy groups -OCH3 is 2. The van der Waals surface area contributed by atoms with Crippen molar-refractivity contribution >= 4 is 11.9 Å². The molecule has 7 nitrogen and oxygen atoms in total. The fourth-order valence-electron chi connectivity index (χ4n) is 3.05. The van der Waals surface area contributed by atoms with Crippen molar-refractivity contribution in [2.24, 2.45) is 0 Å². The predicted molar refractivity (Wildman–Crippen MR) is 95.4 cm³/mol. The minimum atomic E-state index is -1.04. The molecule has 0 radical (unpaired) electrons. The molecular weight excluding hydrogens is 338 g/mol. The van der Waals surface area contributed by atoms with E-state index in [1.165, 1.54) is 4.90 Å². The first kappa shape index (κ1) is 20.0. The molecule has 1 aliphatic rings. The number of hydrogen-bond acceptors (Lipinski definition) is 5. The molecule has 1 aliphatic heterocycles. The molecular formula is C19H27NO6. The molecule has 1 unspecified atom stereocenters. The number of ether oxygens (including phenoxy) is 3. The van der Waals surface area contributed by atoms with Gasteiger partial charge in [0, 0.05) is 25.6 Å². The summed E-state index contributed by atoms with van der Waals surface area (Å²) in [6, 6.07) is 5.27. The van der Waals surface area contributed by atoms with Crippen LogP contribution in [-0.4, -0.2) is 55.4 Å². The Bertz CT molecular complexity index is 590. The molecule has 26 heavy (non-hydrogen) atoms. The Labute approximate surface area is 153 Å². The zero-order valence-corrected chi connectivity index (χ0v) is 15.4. The lowest BCUT2D eigenvalue weighted by Gasteiger charge is -2.25.